The molecule has 1 amide bonds. The molecular formula is C19H20N2O4S. The molecule has 1 N–H and O–H groups in total. The molecule has 0 aliphatic carbocycles. The minimum Gasteiger partial charge on any atom is -0.322 e. The van der Waals surface area contributed by atoms with Crippen molar-refractivity contribution >= 4 is 33.1 Å². The number of Topliss-reactive ketones (excluding diaryl/α,β-unsaturated/α-hetero) is 1. The molecule has 1 aliphatic heterocycles. The Morgan fingerprint density at radius 2 is 1.73 bits per heavy atom. The van der Waals surface area contributed by atoms with Crippen LogP contribution in [-0.2, 0) is 10.0 Å². The molecule has 2 aromatic carbocycles. The average Bonchev–Trinajstić information content (AvgIpc) is 2.61. The van der Waals surface area contributed by atoms with E-state index in [1.807, 2.05) is 0 Å². The highest BCUT2D eigenvalue weighted by atomic mass is 32.2. The summed E-state index contributed by atoms with van der Waals surface area (Å²) in [4.78, 5) is 24.0. The number of anilines is 2. The highest BCUT2D eigenvalue weighted by molar-refractivity contribution is 7.92. The smallest absolute Gasteiger partial charge is 0.255 e. The number of hydrogen-bond donors (Lipinski definition) is 1. The molecule has 136 valence electrons. The van der Waals surface area contributed by atoms with Gasteiger partial charge in [0.15, 0.2) is 5.78 Å². The van der Waals surface area contributed by atoms with Gasteiger partial charge in [-0.3, -0.25) is 13.9 Å². The molecule has 1 heterocycles. The van der Waals surface area contributed by atoms with Crippen LogP contribution in [0.5, 0.6) is 0 Å². The molecule has 1 saturated heterocycles. The molecule has 0 saturated carbocycles. The summed E-state index contributed by atoms with van der Waals surface area (Å²) in [5.41, 5.74) is 1.88. The molecule has 2 aromatic rings. The monoisotopic (exact) mass is 372 g/mol. The van der Waals surface area contributed by atoms with Crippen molar-refractivity contribution in [2.24, 2.45) is 0 Å². The van der Waals surface area contributed by atoms with Gasteiger partial charge in [0.2, 0.25) is 10.0 Å². The minimum atomic E-state index is -3.33. The number of ketones is 1. The van der Waals surface area contributed by atoms with Crippen LogP contribution in [0.15, 0.2) is 48.5 Å². The lowest BCUT2D eigenvalue weighted by atomic mass is 10.1. The first-order valence-electron chi connectivity index (χ1n) is 8.40. The first kappa shape index (κ1) is 18.1. The number of carbonyl (C=O) groups excluding carboxylic acids is 2. The lowest BCUT2D eigenvalue weighted by Gasteiger charge is -2.28. The van der Waals surface area contributed by atoms with Gasteiger partial charge in [-0.05, 0) is 50.1 Å². The average molecular weight is 372 g/mol. The molecule has 7 heteroatoms. The molecule has 0 spiro atoms. The van der Waals surface area contributed by atoms with Gasteiger partial charge in [0.25, 0.3) is 5.91 Å². The largest absolute Gasteiger partial charge is 0.322 e. The fourth-order valence-electron chi connectivity index (χ4n) is 2.90. The van der Waals surface area contributed by atoms with E-state index in [0.29, 0.717) is 35.5 Å². The SMILES string of the molecule is CC(=O)c1cccc(NC(=O)c2cccc(N3CCCCS3(=O)=O)c2)c1. The molecular weight excluding hydrogens is 352 g/mol. The van der Waals surface area contributed by atoms with Crippen molar-refractivity contribution in [1.29, 1.82) is 0 Å². The Morgan fingerprint density at radius 1 is 1.00 bits per heavy atom. The quantitative estimate of drug-likeness (QED) is 0.836. The summed E-state index contributed by atoms with van der Waals surface area (Å²) in [5.74, 6) is -0.318. The Balaban J connectivity index is 1.83. The van der Waals surface area contributed by atoms with Gasteiger partial charge in [-0.1, -0.05) is 18.2 Å². The van der Waals surface area contributed by atoms with Crippen molar-refractivity contribution in [2.45, 2.75) is 19.8 Å². The second-order valence-corrected chi connectivity index (χ2v) is 8.25. The zero-order valence-corrected chi connectivity index (χ0v) is 15.3. The van der Waals surface area contributed by atoms with Gasteiger partial charge in [-0.2, -0.15) is 0 Å². The Hall–Kier alpha value is -2.67. The number of nitrogens with one attached hydrogen (secondary N) is 1. The number of hydrogen-bond acceptors (Lipinski definition) is 4. The van der Waals surface area contributed by atoms with Crippen LogP contribution < -0.4 is 9.62 Å². The van der Waals surface area contributed by atoms with E-state index >= 15 is 0 Å². The summed E-state index contributed by atoms with van der Waals surface area (Å²) >= 11 is 0. The summed E-state index contributed by atoms with van der Waals surface area (Å²) in [6, 6.07) is 13.2. The molecule has 0 radical (unpaired) electrons. The van der Waals surface area contributed by atoms with Gasteiger partial charge in [0, 0.05) is 23.4 Å². The third kappa shape index (κ3) is 3.94. The summed E-state index contributed by atoms with van der Waals surface area (Å²) in [7, 11) is -3.33. The van der Waals surface area contributed by atoms with E-state index in [1.54, 1.807) is 48.5 Å². The van der Waals surface area contributed by atoms with Gasteiger partial charge >= 0.3 is 0 Å². The highest BCUT2D eigenvalue weighted by Crippen LogP contribution is 2.24. The second-order valence-electron chi connectivity index (χ2n) is 6.24. The molecule has 0 unspecified atom stereocenters. The number of nitrogens with zero attached hydrogens (tertiary/aromatic N) is 1. The van der Waals surface area contributed by atoms with Crippen LogP contribution in [0.3, 0.4) is 0 Å². The summed E-state index contributed by atoms with van der Waals surface area (Å²) in [6.07, 6.45) is 1.46. The Kier molecular flexibility index (Phi) is 5.08. The first-order valence-corrected chi connectivity index (χ1v) is 10.0. The lowest BCUT2D eigenvalue weighted by Crippen LogP contribution is -2.37. The van der Waals surface area contributed by atoms with Crippen molar-refractivity contribution < 1.29 is 18.0 Å². The van der Waals surface area contributed by atoms with Gasteiger partial charge in [0.05, 0.1) is 11.4 Å². The van der Waals surface area contributed by atoms with E-state index in [4.69, 9.17) is 0 Å². The first-order chi connectivity index (χ1) is 12.4. The van der Waals surface area contributed by atoms with E-state index in [0.717, 1.165) is 6.42 Å². The van der Waals surface area contributed by atoms with Gasteiger partial charge in [0.1, 0.15) is 0 Å². The maximum absolute atomic E-state index is 12.5. The molecule has 1 fully saturated rings. The number of carbonyl (C=O) groups is 2. The van der Waals surface area contributed by atoms with Crippen molar-refractivity contribution in [3.05, 3.63) is 59.7 Å². The third-order valence-electron chi connectivity index (χ3n) is 4.27. The fourth-order valence-corrected chi connectivity index (χ4v) is 4.53. The van der Waals surface area contributed by atoms with Crippen LogP contribution in [0.4, 0.5) is 11.4 Å². The highest BCUT2D eigenvalue weighted by Gasteiger charge is 2.26. The number of sulfonamides is 1. The normalized spacial score (nSPS) is 16.1. The van der Waals surface area contributed by atoms with Crippen LogP contribution in [0, 0.1) is 0 Å². The van der Waals surface area contributed by atoms with Crippen LogP contribution in [0.25, 0.3) is 0 Å². The molecule has 0 bridgehead atoms. The predicted octanol–water partition coefficient (Wildman–Crippen LogP) is 3.07. The topological polar surface area (TPSA) is 83.6 Å². The van der Waals surface area contributed by atoms with Crippen LogP contribution in [0.2, 0.25) is 0 Å². The predicted molar refractivity (Wildman–Crippen MR) is 101 cm³/mol. The van der Waals surface area contributed by atoms with E-state index < -0.39 is 10.0 Å². The summed E-state index contributed by atoms with van der Waals surface area (Å²) in [5, 5.41) is 2.75. The molecule has 6 nitrogen and oxygen atoms in total. The second kappa shape index (κ2) is 7.29. The standard InChI is InChI=1S/C19H20N2O4S/c1-14(22)15-6-4-8-17(12-15)20-19(23)16-7-5-9-18(13-16)21-10-2-3-11-26(21,24)25/h4-9,12-13H,2-3,10-11H2,1H3,(H,20,23). The Morgan fingerprint density at radius 3 is 2.46 bits per heavy atom. The van der Waals surface area contributed by atoms with Crippen molar-refractivity contribution in [3.63, 3.8) is 0 Å². The Bertz CT molecular complexity index is 954. The molecule has 26 heavy (non-hydrogen) atoms. The van der Waals surface area contributed by atoms with Gasteiger partial charge < -0.3 is 5.32 Å². The molecule has 3 rings (SSSR count). The zero-order chi connectivity index (χ0) is 18.7. The van der Waals surface area contributed by atoms with Crippen molar-refractivity contribution in [3.8, 4) is 0 Å². The van der Waals surface area contributed by atoms with Crippen molar-refractivity contribution in [1.82, 2.24) is 0 Å². The van der Waals surface area contributed by atoms with Crippen LogP contribution in [-0.4, -0.2) is 32.4 Å². The Labute approximate surface area is 152 Å². The van der Waals surface area contributed by atoms with E-state index in [1.165, 1.54) is 11.2 Å². The number of rotatable bonds is 4. The lowest BCUT2D eigenvalue weighted by molar-refractivity contribution is 0.101. The molecule has 0 aromatic heterocycles. The van der Waals surface area contributed by atoms with E-state index in [9.17, 15) is 18.0 Å². The molecule has 1 aliphatic rings. The van der Waals surface area contributed by atoms with Gasteiger partial charge in [-0.25, -0.2) is 8.42 Å². The van der Waals surface area contributed by atoms with E-state index in [2.05, 4.69) is 5.32 Å². The number of benzene rings is 2. The molecule has 0 atom stereocenters. The third-order valence-corrected chi connectivity index (χ3v) is 6.14. The number of amides is 1. The van der Waals surface area contributed by atoms with Crippen molar-refractivity contribution in [2.75, 3.05) is 21.9 Å². The fraction of sp³-hybridized carbons (Fsp3) is 0.263. The van der Waals surface area contributed by atoms with Gasteiger partial charge in [-0.15, -0.1) is 0 Å². The van der Waals surface area contributed by atoms with E-state index in [-0.39, 0.29) is 17.4 Å². The summed E-state index contributed by atoms with van der Waals surface area (Å²) in [6.45, 7) is 1.89. The maximum Gasteiger partial charge on any atom is 0.255 e. The van der Waals surface area contributed by atoms with Crippen LogP contribution in [0.1, 0.15) is 40.5 Å². The minimum absolute atomic E-state index is 0.0848. The van der Waals surface area contributed by atoms with Crippen LogP contribution >= 0.6 is 0 Å². The maximum atomic E-state index is 12.5. The summed E-state index contributed by atoms with van der Waals surface area (Å²) < 4.78 is 25.9. The zero-order valence-electron chi connectivity index (χ0n) is 14.4.